The van der Waals surface area contributed by atoms with Crippen LogP contribution in [0.25, 0.3) is 0 Å². The van der Waals surface area contributed by atoms with Gasteiger partial charge < -0.3 is 15.3 Å². The van der Waals surface area contributed by atoms with Gasteiger partial charge in [-0.05, 0) is 53.9 Å². The fraction of sp³-hybridized carbons (Fsp3) is 0.150. The van der Waals surface area contributed by atoms with Gasteiger partial charge in [-0.1, -0.05) is 29.3 Å². The van der Waals surface area contributed by atoms with E-state index in [-0.39, 0.29) is 41.1 Å². The van der Waals surface area contributed by atoms with Gasteiger partial charge in [-0.2, -0.15) is 4.31 Å². The molecule has 2 aromatic carbocycles. The second kappa shape index (κ2) is 9.09. The van der Waals surface area contributed by atoms with Crippen molar-refractivity contribution in [3.05, 3.63) is 76.0 Å². The lowest BCUT2D eigenvalue weighted by Crippen LogP contribution is -2.32. The highest BCUT2D eigenvalue weighted by Gasteiger charge is 2.29. The number of aromatic hydroxyl groups is 3. The molecule has 0 amide bonds. The highest BCUT2D eigenvalue weighted by atomic mass is 35.5. The third kappa shape index (κ3) is 4.96. The van der Waals surface area contributed by atoms with Crippen molar-refractivity contribution in [2.24, 2.45) is 0 Å². The maximum absolute atomic E-state index is 13.3. The Kier molecular flexibility index (Phi) is 6.72. The molecule has 1 heterocycles. The predicted octanol–water partition coefficient (Wildman–Crippen LogP) is 3.94. The highest BCUT2D eigenvalue weighted by molar-refractivity contribution is 7.89. The van der Waals surface area contributed by atoms with E-state index in [4.69, 9.17) is 23.2 Å². The van der Waals surface area contributed by atoms with Gasteiger partial charge in [0.05, 0.1) is 5.02 Å². The van der Waals surface area contributed by atoms with Crippen LogP contribution in [0.15, 0.2) is 59.8 Å². The van der Waals surface area contributed by atoms with Crippen molar-refractivity contribution in [1.82, 2.24) is 9.29 Å². The average molecular weight is 469 g/mol. The average Bonchev–Trinajstić information content (AvgIpc) is 2.71. The van der Waals surface area contributed by atoms with Gasteiger partial charge in [-0.25, -0.2) is 8.42 Å². The first-order valence-corrected chi connectivity index (χ1v) is 11.0. The van der Waals surface area contributed by atoms with Crippen molar-refractivity contribution in [3.8, 4) is 17.2 Å². The van der Waals surface area contributed by atoms with Crippen molar-refractivity contribution in [2.45, 2.75) is 17.9 Å². The second-order valence-corrected chi connectivity index (χ2v) is 9.25. The summed E-state index contributed by atoms with van der Waals surface area (Å²) in [5.41, 5.74) is 1.31. The Morgan fingerprint density at radius 3 is 2.27 bits per heavy atom. The third-order valence-electron chi connectivity index (χ3n) is 4.41. The number of sulfonamides is 1. The van der Waals surface area contributed by atoms with Crippen molar-refractivity contribution in [2.75, 3.05) is 6.54 Å². The highest BCUT2D eigenvalue weighted by Crippen LogP contribution is 2.36. The minimum absolute atomic E-state index is 0.0124. The van der Waals surface area contributed by atoms with Crippen molar-refractivity contribution in [3.63, 3.8) is 0 Å². The number of halogens is 2. The Morgan fingerprint density at radius 2 is 1.60 bits per heavy atom. The molecule has 30 heavy (non-hydrogen) atoms. The second-order valence-electron chi connectivity index (χ2n) is 6.50. The number of hydrogen-bond acceptors (Lipinski definition) is 6. The van der Waals surface area contributed by atoms with Gasteiger partial charge in [0.2, 0.25) is 10.0 Å². The summed E-state index contributed by atoms with van der Waals surface area (Å²) in [5, 5.41) is 29.3. The Hall–Kier alpha value is -2.52. The van der Waals surface area contributed by atoms with Crippen molar-refractivity contribution >= 4 is 33.2 Å². The molecule has 3 N–H and O–H groups in total. The lowest BCUT2D eigenvalue weighted by Gasteiger charge is -2.23. The van der Waals surface area contributed by atoms with Gasteiger partial charge in [0.1, 0.15) is 4.90 Å². The van der Waals surface area contributed by atoms with Crippen LogP contribution in [-0.2, 0) is 23.0 Å². The smallest absolute Gasteiger partial charge is 0.247 e. The summed E-state index contributed by atoms with van der Waals surface area (Å²) in [6.45, 7) is 0.0386. The zero-order valence-corrected chi connectivity index (χ0v) is 17.9. The molecule has 0 fully saturated rings. The molecule has 0 radical (unpaired) electrons. The van der Waals surface area contributed by atoms with Crippen LogP contribution < -0.4 is 0 Å². The molecule has 3 rings (SSSR count). The van der Waals surface area contributed by atoms with Gasteiger partial charge in [-0.3, -0.25) is 4.98 Å². The molecule has 1 aromatic heterocycles. The summed E-state index contributed by atoms with van der Waals surface area (Å²) in [7, 11) is -4.18. The zero-order valence-electron chi connectivity index (χ0n) is 15.5. The molecule has 0 saturated heterocycles. The SMILES string of the molecule is O=S(=O)(c1cc(Cl)cc(Cl)c1O)N(CCc1ccc(O)c(O)c1)Cc1ccncc1. The van der Waals surface area contributed by atoms with Crippen LogP contribution >= 0.6 is 23.2 Å². The molecule has 0 bridgehead atoms. The molecule has 0 unspecified atom stereocenters. The van der Waals surface area contributed by atoms with E-state index in [1.807, 2.05) is 0 Å². The molecule has 10 heteroatoms. The maximum atomic E-state index is 13.3. The van der Waals surface area contributed by atoms with Gasteiger partial charge >= 0.3 is 0 Å². The first kappa shape index (κ1) is 22.2. The summed E-state index contributed by atoms with van der Waals surface area (Å²) in [6.07, 6.45) is 3.34. The minimum atomic E-state index is -4.18. The van der Waals surface area contributed by atoms with Crippen LogP contribution in [0.5, 0.6) is 17.2 Å². The monoisotopic (exact) mass is 468 g/mol. The standard InChI is InChI=1S/C20H18Cl2N2O5S/c21-15-10-16(22)20(27)19(11-15)30(28,29)24(12-14-3-6-23-7-4-14)8-5-13-1-2-17(25)18(26)9-13/h1-4,6-7,9-11,25-27H,5,8,12H2. The number of phenols is 3. The fourth-order valence-corrected chi connectivity index (χ4v) is 5.01. The van der Waals surface area contributed by atoms with Crippen LogP contribution in [0.2, 0.25) is 10.0 Å². The quantitative estimate of drug-likeness (QED) is 0.452. The number of nitrogens with zero attached hydrogens (tertiary/aromatic N) is 2. The molecular weight excluding hydrogens is 451 g/mol. The number of pyridine rings is 1. The molecule has 0 atom stereocenters. The number of hydrogen-bond donors (Lipinski definition) is 3. The third-order valence-corrected chi connectivity index (χ3v) is 6.77. The summed E-state index contributed by atoms with van der Waals surface area (Å²) in [5.74, 6) is -1.14. The van der Waals surface area contributed by atoms with E-state index >= 15 is 0 Å². The van der Waals surface area contributed by atoms with Gasteiger partial charge in [0.15, 0.2) is 17.2 Å². The Morgan fingerprint density at radius 1 is 0.900 bits per heavy atom. The van der Waals surface area contributed by atoms with Crippen LogP contribution in [0.3, 0.4) is 0 Å². The molecule has 0 aliphatic heterocycles. The van der Waals surface area contributed by atoms with Crippen LogP contribution in [0.4, 0.5) is 0 Å². The Labute approximate surface area is 183 Å². The lowest BCUT2D eigenvalue weighted by atomic mass is 10.1. The summed E-state index contributed by atoms with van der Waals surface area (Å²) < 4.78 is 27.9. The van der Waals surface area contributed by atoms with E-state index in [9.17, 15) is 23.7 Å². The normalized spacial score (nSPS) is 11.7. The van der Waals surface area contributed by atoms with Crippen LogP contribution in [0, 0.1) is 0 Å². The molecule has 0 saturated carbocycles. The maximum Gasteiger partial charge on any atom is 0.247 e. The van der Waals surface area contributed by atoms with E-state index in [1.165, 1.54) is 22.5 Å². The summed E-state index contributed by atoms with van der Waals surface area (Å²) in [6, 6.07) is 10.0. The summed E-state index contributed by atoms with van der Waals surface area (Å²) >= 11 is 11.9. The van der Waals surface area contributed by atoms with E-state index < -0.39 is 20.7 Å². The predicted molar refractivity (Wildman–Crippen MR) is 113 cm³/mol. The first-order valence-electron chi connectivity index (χ1n) is 8.76. The van der Waals surface area contributed by atoms with E-state index in [0.29, 0.717) is 11.1 Å². The number of phenolic OH excluding ortho intramolecular Hbond substituents is 3. The minimum Gasteiger partial charge on any atom is -0.505 e. The number of rotatable bonds is 7. The lowest BCUT2D eigenvalue weighted by molar-refractivity contribution is 0.396. The molecule has 0 aliphatic carbocycles. The van der Waals surface area contributed by atoms with E-state index in [2.05, 4.69) is 4.98 Å². The number of aromatic nitrogens is 1. The molecular formula is C20H18Cl2N2O5S. The largest absolute Gasteiger partial charge is 0.505 e. The zero-order chi connectivity index (χ0) is 21.9. The van der Waals surface area contributed by atoms with Crippen LogP contribution in [0.1, 0.15) is 11.1 Å². The molecule has 0 spiro atoms. The fourth-order valence-electron chi connectivity index (χ4n) is 2.83. The van der Waals surface area contributed by atoms with Crippen LogP contribution in [-0.4, -0.2) is 39.6 Å². The van der Waals surface area contributed by atoms with E-state index in [0.717, 1.165) is 6.07 Å². The van der Waals surface area contributed by atoms with Gasteiger partial charge in [0.25, 0.3) is 0 Å². The van der Waals surface area contributed by atoms with E-state index in [1.54, 1.807) is 30.6 Å². The molecule has 158 valence electrons. The van der Waals surface area contributed by atoms with Gasteiger partial charge in [0, 0.05) is 30.5 Å². The molecule has 0 aliphatic rings. The summed E-state index contributed by atoms with van der Waals surface area (Å²) in [4.78, 5) is 3.53. The topological polar surface area (TPSA) is 111 Å². The molecule has 3 aromatic rings. The molecule has 7 nitrogen and oxygen atoms in total. The van der Waals surface area contributed by atoms with Crippen molar-refractivity contribution < 1.29 is 23.7 Å². The number of benzene rings is 2. The first-order chi connectivity index (χ1) is 14.2. The van der Waals surface area contributed by atoms with Gasteiger partial charge in [-0.15, -0.1) is 0 Å². The van der Waals surface area contributed by atoms with Crippen molar-refractivity contribution in [1.29, 1.82) is 0 Å². The Balaban J connectivity index is 1.97. The Bertz CT molecular complexity index is 1160.